The quantitative estimate of drug-likeness (QED) is 0.826. The van der Waals surface area contributed by atoms with Crippen LogP contribution in [0.3, 0.4) is 0 Å². The normalized spacial score (nSPS) is 14.6. The van der Waals surface area contributed by atoms with Crippen molar-refractivity contribution in [3.63, 3.8) is 0 Å². The highest BCUT2D eigenvalue weighted by molar-refractivity contribution is 7.80. The number of nitrogens with one attached hydrogen (secondary N) is 2. The number of hydrogen-bond donors (Lipinski definition) is 2. The predicted molar refractivity (Wildman–Crippen MR) is 78.9 cm³/mol. The van der Waals surface area contributed by atoms with E-state index in [9.17, 15) is 8.78 Å². The maximum absolute atomic E-state index is 12.9. The van der Waals surface area contributed by atoms with Crippen molar-refractivity contribution >= 4 is 28.7 Å². The van der Waals surface area contributed by atoms with Gasteiger partial charge in [0, 0.05) is 17.4 Å². The number of thiocarbonyl (C=S) groups is 1. The van der Waals surface area contributed by atoms with Gasteiger partial charge in [0.05, 0.1) is 0 Å². The topological polar surface area (TPSA) is 42.5 Å². The van der Waals surface area contributed by atoms with E-state index >= 15 is 0 Å². The molecule has 0 amide bonds. The highest BCUT2D eigenvalue weighted by Crippen LogP contribution is 2.42. The first-order valence-corrected chi connectivity index (χ1v) is 6.46. The van der Waals surface area contributed by atoms with Gasteiger partial charge in [-0.2, -0.15) is 0 Å². The first-order chi connectivity index (χ1) is 10.0. The minimum absolute atomic E-state index is 0.00696. The standard InChI is InChI=1S/C14H10F2N2O2S/c15-14(16)19-11-7-6-10(8-12(11)20-14)18-13(21)17-9-4-2-1-3-5-9/h1-8H,(H2,17,18,21). The van der Waals surface area contributed by atoms with E-state index in [2.05, 4.69) is 20.1 Å². The lowest BCUT2D eigenvalue weighted by Crippen LogP contribution is -2.25. The molecule has 1 heterocycles. The molecule has 1 aliphatic heterocycles. The minimum Gasteiger partial charge on any atom is -0.395 e. The van der Waals surface area contributed by atoms with Crippen LogP contribution in [0.4, 0.5) is 20.2 Å². The summed E-state index contributed by atoms with van der Waals surface area (Å²) < 4.78 is 34.5. The number of ether oxygens (including phenoxy) is 2. The zero-order chi connectivity index (χ0) is 14.9. The molecule has 0 spiro atoms. The smallest absolute Gasteiger partial charge is 0.395 e. The van der Waals surface area contributed by atoms with Crippen molar-refractivity contribution in [2.45, 2.75) is 6.29 Å². The average Bonchev–Trinajstić information content (AvgIpc) is 2.73. The number of para-hydroxylation sites is 1. The van der Waals surface area contributed by atoms with Crippen LogP contribution in [0.25, 0.3) is 0 Å². The second-order valence-corrected chi connectivity index (χ2v) is 4.68. The third kappa shape index (κ3) is 3.19. The van der Waals surface area contributed by atoms with Gasteiger partial charge in [-0.3, -0.25) is 0 Å². The van der Waals surface area contributed by atoms with E-state index < -0.39 is 6.29 Å². The molecule has 0 saturated heterocycles. The van der Waals surface area contributed by atoms with Gasteiger partial charge in [-0.1, -0.05) is 18.2 Å². The number of fused-ring (bicyclic) bond motifs is 1. The Balaban J connectivity index is 1.68. The zero-order valence-electron chi connectivity index (χ0n) is 10.6. The number of anilines is 2. The molecule has 0 unspecified atom stereocenters. The second-order valence-electron chi connectivity index (χ2n) is 4.27. The highest BCUT2D eigenvalue weighted by Gasteiger charge is 2.43. The van der Waals surface area contributed by atoms with Crippen molar-refractivity contribution < 1.29 is 18.3 Å². The number of benzene rings is 2. The molecule has 2 N–H and O–H groups in total. The molecule has 2 aromatic rings. The number of rotatable bonds is 2. The molecule has 4 nitrogen and oxygen atoms in total. The van der Waals surface area contributed by atoms with Gasteiger partial charge in [-0.15, -0.1) is 8.78 Å². The molecular weight excluding hydrogens is 298 g/mol. The van der Waals surface area contributed by atoms with E-state index in [4.69, 9.17) is 12.2 Å². The van der Waals surface area contributed by atoms with Crippen LogP contribution in [-0.4, -0.2) is 11.4 Å². The summed E-state index contributed by atoms with van der Waals surface area (Å²) in [6, 6.07) is 13.7. The van der Waals surface area contributed by atoms with Crippen LogP contribution < -0.4 is 20.1 Å². The molecule has 2 aromatic carbocycles. The van der Waals surface area contributed by atoms with Crippen molar-refractivity contribution in [2.75, 3.05) is 10.6 Å². The van der Waals surface area contributed by atoms with E-state index in [1.54, 1.807) is 6.07 Å². The minimum atomic E-state index is -3.62. The van der Waals surface area contributed by atoms with Gasteiger partial charge in [-0.05, 0) is 36.5 Å². The van der Waals surface area contributed by atoms with Gasteiger partial charge < -0.3 is 20.1 Å². The van der Waals surface area contributed by atoms with Crippen LogP contribution in [0.1, 0.15) is 0 Å². The molecule has 0 atom stereocenters. The lowest BCUT2D eigenvalue weighted by molar-refractivity contribution is -0.286. The number of halogens is 2. The Morgan fingerprint density at radius 1 is 0.905 bits per heavy atom. The summed E-state index contributed by atoms with van der Waals surface area (Å²) in [7, 11) is 0. The SMILES string of the molecule is FC1(F)Oc2ccc(NC(=S)Nc3ccccc3)cc2O1. The van der Waals surface area contributed by atoms with Gasteiger partial charge in [-0.25, -0.2) is 0 Å². The van der Waals surface area contributed by atoms with E-state index in [0.29, 0.717) is 10.8 Å². The van der Waals surface area contributed by atoms with Gasteiger partial charge in [0.25, 0.3) is 0 Å². The third-order valence-electron chi connectivity index (χ3n) is 2.69. The van der Waals surface area contributed by atoms with Crippen molar-refractivity contribution in [2.24, 2.45) is 0 Å². The lowest BCUT2D eigenvalue weighted by atomic mass is 10.3. The van der Waals surface area contributed by atoms with E-state index in [1.807, 2.05) is 30.3 Å². The Bertz CT molecular complexity index is 680. The van der Waals surface area contributed by atoms with Crippen LogP contribution >= 0.6 is 12.2 Å². The molecule has 3 rings (SSSR count). The number of hydrogen-bond acceptors (Lipinski definition) is 3. The molecule has 7 heteroatoms. The average molecular weight is 308 g/mol. The van der Waals surface area contributed by atoms with E-state index in [1.165, 1.54) is 12.1 Å². The van der Waals surface area contributed by atoms with Crippen molar-refractivity contribution in [3.05, 3.63) is 48.5 Å². The Labute approximate surface area is 124 Å². The molecule has 1 aliphatic rings. The molecule has 0 aromatic heterocycles. The Morgan fingerprint density at radius 3 is 2.33 bits per heavy atom. The second kappa shape index (κ2) is 5.17. The van der Waals surface area contributed by atoms with E-state index in [0.717, 1.165) is 5.69 Å². The summed E-state index contributed by atoms with van der Waals surface area (Å²) in [4.78, 5) is 0. The Kier molecular flexibility index (Phi) is 3.34. The van der Waals surface area contributed by atoms with Crippen LogP contribution in [0.15, 0.2) is 48.5 Å². The van der Waals surface area contributed by atoms with Gasteiger partial charge in [0.1, 0.15) is 0 Å². The van der Waals surface area contributed by atoms with Crippen LogP contribution in [0, 0.1) is 0 Å². The van der Waals surface area contributed by atoms with E-state index in [-0.39, 0.29) is 11.5 Å². The van der Waals surface area contributed by atoms with Crippen molar-refractivity contribution in [3.8, 4) is 11.5 Å². The first-order valence-electron chi connectivity index (χ1n) is 6.05. The highest BCUT2D eigenvalue weighted by atomic mass is 32.1. The van der Waals surface area contributed by atoms with Crippen LogP contribution in [0.5, 0.6) is 11.5 Å². The molecule has 0 aliphatic carbocycles. The van der Waals surface area contributed by atoms with Crippen molar-refractivity contribution in [1.82, 2.24) is 0 Å². The summed E-state index contributed by atoms with van der Waals surface area (Å²) in [5, 5.41) is 6.20. The van der Waals surface area contributed by atoms with Gasteiger partial charge >= 0.3 is 6.29 Å². The lowest BCUT2D eigenvalue weighted by Gasteiger charge is -2.10. The molecular formula is C14H10F2N2O2S. The summed E-state index contributed by atoms with van der Waals surface area (Å²) in [6.45, 7) is 0. The van der Waals surface area contributed by atoms with Crippen LogP contribution in [-0.2, 0) is 0 Å². The van der Waals surface area contributed by atoms with Crippen molar-refractivity contribution in [1.29, 1.82) is 0 Å². The maximum atomic E-state index is 12.9. The zero-order valence-corrected chi connectivity index (χ0v) is 11.4. The van der Waals surface area contributed by atoms with Gasteiger partial charge in [0.2, 0.25) is 0 Å². The summed E-state index contributed by atoms with van der Waals surface area (Å²) in [5.74, 6) is -0.0417. The Hall–Kier alpha value is -2.41. The fraction of sp³-hybridized carbons (Fsp3) is 0.0714. The molecule has 0 saturated carbocycles. The molecule has 0 fully saturated rings. The summed E-state index contributed by atoms with van der Waals surface area (Å²) >= 11 is 5.15. The summed E-state index contributed by atoms with van der Waals surface area (Å²) in [6.07, 6.45) is -3.62. The molecule has 108 valence electrons. The third-order valence-corrected chi connectivity index (χ3v) is 2.89. The molecule has 21 heavy (non-hydrogen) atoms. The fourth-order valence-corrected chi connectivity index (χ4v) is 2.08. The number of alkyl halides is 2. The molecule has 0 bridgehead atoms. The molecule has 0 radical (unpaired) electrons. The monoisotopic (exact) mass is 308 g/mol. The predicted octanol–water partition coefficient (Wildman–Crippen LogP) is 3.82. The fourth-order valence-electron chi connectivity index (χ4n) is 1.84. The summed E-state index contributed by atoms with van der Waals surface area (Å²) in [5.41, 5.74) is 1.34. The Morgan fingerprint density at radius 2 is 1.57 bits per heavy atom. The van der Waals surface area contributed by atoms with Crippen LogP contribution in [0.2, 0.25) is 0 Å². The maximum Gasteiger partial charge on any atom is 0.586 e. The first kappa shape index (κ1) is 13.6. The largest absolute Gasteiger partial charge is 0.586 e. The van der Waals surface area contributed by atoms with Gasteiger partial charge in [0.15, 0.2) is 16.6 Å².